The Bertz CT molecular complexity index is 864. The topological polar surface area (TPSA) is 46.9 Å². The minimum absolute atomic E-state index is 0.0233. The van der Waals surface area contributed by atoms with Gasteiger partial charge in [0, 0.05) is 17.8 Å². The smallest absolute Gasteiger partial charge is 0.224 e. The second kappa shape index (κ2) is 7.34. The van der Waals surface area contributed by atoms with E-state index in [2.05, 4.69) is 17.3 Å². The van der Waals surface area contributed by atoms with E-state index < -0.39 is 0 Å². The van der Waals surface area contributed by atoms with Crippen LogP contribution in [0.1, 0.15) is 28.9 Å². The molecule has 1 aromatic heterocycles. The molecule has 3 aromatic rings. The molecule has 1 amide bonds. The third-order valence-electron chi connectivity index (χ3n) is 4.38. The van der Waals surface area contributed by atoms with Crippen molar-refractivity contribution in [2.75, 3.05) is 5.32 Å². The molecule has 2 aromatic carbocycles. The fourth-order valence-electron chi connectivity index (χ4n) is 2.96. The van der Waals surface area contributed by atoms with Gasteiger partial charge in [-0.05, 0) is 57.0 Å². The maximum atomic E-state index is 12.2. The zero-order valence-corrected chi connectivity index (χ0v) is 14.9. The van der Waals surface area contributed by atoms with E-state index in [1.165, 1.54) is 5.56 Å². The van der Waals surface area contributed by atoms with Gasteiger partial charge in [0.15, 0.2) is 0 Å². The number of hydrogen-bond donors (Lipinski definition) is 1. The molecule has 0 saturated heterocycles. The van der Waals surface area contributed by atoms with E-state index in [-0.39, 0.29) is 5.91 Å². The van der Waals surface area contributed by atoms with Crippen molar-refractivity contribution in [1.82, 2.24) is 9.78 Å². The summed E-state index contributed by atoms with van der Waals surface area (Å²) in [4.78, 5) is 12.2. The predicted molar refractivity (Wildman–Crippen MR) is 101 cm³/mol. The van der Waals surface area contributed by atoms with Gasteiger partial charge in [-0.25, -0.2) is 4.68 Å². The summed E-state index contributed by atoms with van der Waals surface area (Å²) in [5, 5.41) is 7.59. The second-order valence-electron chi connectivity index (χ2n) is 6.31. The Morgan fingerprint density at radius 1 is 1.00 bits per heavy atom. The Morgan fingerprint density at radius 2 is 1.68 bits per heavy atom. The summed E-state index contributed by atoms with van der Waals surface area (Å²) >= 11 is 0. The molecule has 0 saturated carbocycles. The molecule has 3 rings (SSSR count). The first-order valence-electron chi connectivity index (χ1n) is 8.51. The van der Waals surface area contributed by atoms with Gasteiger partial charge in [-0.1, -0.05) is 35.9 Å². The highest BCUT2D eigenvalue weighted by molar-refractivity contribution is 5.90. The number of aryl methyl sites for hydroxylation is 2. The fourth-order valence-corrected chi connectivity index (χ4v) is 2.96. The molecule has 0 aliphatic rings. The SMILES string of the molecule is Cc1ccc(NC(=O)CCc2c(C)nn(-c3ccccc3)c2C)cc1. The van der Waals surface area contributed by atoms with Crippen LogP contribution in [0.25, 0.3) is 5.69 Å². The number of para-hydroxylation sites is 1. The molecule has 4 nitrogen and oxygen atoms in total. The first kappa shape index (κ1) is 17.0. The van der Waals surface area contributed by atoms with Crippen molar-refractivity contribution >= 4 is 11.6 Å². The largest absolute Gasteiger partial charge is 0.326 e. The van der Waals surface area contributed by atoms with Gasteiger partial charge in [0.05, 0.1) is 11.4 Å². The third-order valence-corrected chi connectivity index (χ3v) is 4.38. The molecule has 25 heavy (non-hydrogen) atoms. The summed E-state index contributed by atoms with van der Waals surface area (Å²) < 4.78 is 1.95. The molecule has 0 aliphatic carbocycles. The van der Waals surface area contributed by atoms with Crippen molar-refractivity contribution in [2.24, 2.45) is 0 Å². The summed E-state index contributed by atoms with van der Waals surface area (Å²) in [6.45, 7) is 6.08. The summed E-state index contributed by atoms with van der Waals surface area (Å²) in [5.41, 5.74) is 6.26. The van der Waals surface area contributed by atoms with Gasteiger partial charge in [0.25, 0.3) is 0 Å². The Morgan fingerprint density at radius 3 is 2.36 bits per heavy atom. The van der Waals surface area contributed by atoms with Crippen molar-refractivity contribution in [2.45, 2.75) is 33.6 Å². The zero-order chi connectivity index (χ0) is 17.8. The predicted octanol–water partition coefficient (Wildman–Crippen LogP) is 4.37. The van der Waals surface area contributed by atoms with Crippen molar-refractivity contribution in [3.8, 4) is 5.69 Å². The fraction of sp³-hybridized carbons (Fsp3) is 0.238. The molecule has 4 heteroatoms. The Balaban J connectivity index is 1.68. The number of nitrogens with one attached hydrogen (secondary N) is 1. The molecule has 0 unspecified atom stereocenters. The van der Waals surface area contributed by atoms with Crippen molar-refractivity contribution in [3.05, 3.63) is 77.1 Å². The van der Waals surface area contributed by atoms with Crippen LogP contribution in [0, 0.1) is 20.8 Å². The van der Waals surface area contributed by atoms with Crippen molar-refractivity contribution in [3.63, 3.8) is 0 Å². The first-order valence-corrected chi connectivity index (χ1v) is 8.51. The van der Waals surface area contributed by atoms with Crippen LogP contribution in [0.4, 0.5) is 5.69 Å². The summed E-state index contributed by atoms with van der Waals surface area (Å²) in [5.74, 6) is 0.0233. The average Bonchev–Trinajstić information content (AvgIpc) is 2.90. The zero-order valence-electron chi connectivity index (χ0n) is 14.9. The number of nitrogens with zero attached hydrogens (tertiary/aromatic N) is 2. The van der Waals surface area contributed by atoms with Crippen LogP contribution >= 0.6 is 0 Å². The summed E-state index contributed by atoms with van der Waals surface area (Å²) in [6, 6.07) is 17.9. The Labute approximate surface area is 148 Å². The Kier molecular flexibility index (Phi) is 4.98. The van der Waals surface area contributed by atoms with Crippen LogP contribution in [0.5, 0.6) is 0 Å². The quantitative estimate of drug-likeness (QED) is 0.754. The van der Waals surface area contributed by atoms with Gasteiger partial charge in [-0.3, -0.25) is 4.79 Å². The van der Waals surface area contributed by atoms with Gasteiger partial charge in [0.1, 0.15) is 0 Å². The van der Waals surface area contributed by atoms with E-state index in [0.717, 1.165) is 28.3 Å². The lowest BCUT2D eigenvalue weighted by molar-refractivity contribution is -0.116. The van der Waals surface area contributed by atoms with E-state index in [1.54, 1.807) is 0 Å². The lowest BCUT2D eigenvalue weighted by atomic mass is 10.1. The number of amides is 1. The molecule has 128 valence electrons. The van der Waals surface area contributed by atoms with E-state index >= 15 is 0 Å². The van der Waals surface area contributed by atoms with Gasteiger partial charge in [-0.15, -0.1) is 0 Å². The molecular formula is C21H23N3O. The number of benzene rings is 2. The Hall–Kier alpha value is -2.88. The number of carbonyl (C=O) groups is 1. The highest BCUT2D eigenvalue weighted by Gasteiger charge is 2.14. The van der Waals surface area contributed by atoms with Gasteiger partial charge >= 0.3 is 0 Å². The molecule has 0 spiro atoms. The van der Waals surface area contributed by atoms with E-state index in [1.807, 2.05) is 73.1 Å². The monoisotopic (exact) mass is 333 g/mol. The van der Waals surface area contributed by atoms with Crippen LogP contribution in [-0.4, -0.2) is 15.7 Å². The minimum atomic E-state index is 0.0233. The molecule has 1 N–H and O–H groups in total. The highest BCUT2D eigenvalue weighted by atomic mass is 16.1. The standard InChI is InChI=1S/C21H23N3O/c1-15-9-11-18(12-10-15)22-21(25)14-13-20-16(2)23-24(17(20)3)19-7-5-4-6-8-19/h4-12H,13-14H2,1-3H3,(H,22,25). The van der Waals surface area contributed by atoms with Crippen LogP contribution in [0.15, 0.2) is 54.6 Å². The molecule has 1 heterocycles. The van der Waals surface area contributed by atoms with Gasteiger partial charge in [-0.2, -0.15) is 5.10 Å². The summed E-state index contributed by atoms with van der Waals surface area (Å²) in [6.07, 6.45) is 1.12. The van der Waals surface area contributed by atoms with Crippen LogP contribution in [0.3, 0.4) is 0 Å². The molecular weight excluding hydrogens is 310 g/mol. The van der Waals surface area contributed by atoms with E-state index in [9.17, 15) is 4.79 Å². The lowest BCUT2D eigenvalue weighted by Gasteiger charge is -2.07. The lowest BCUT2D eigenvalue weighted by Crippen LogP contribution is -2.12. The van der Waals surface area contributed by atoms with Crippen LogP contribution < -0.4 is 5.32 Å². The molecule has 0 aliphatic heterocycles. The maximum absolute atomic E-state index is 12.2. The van der Waals surface area contributed by atoms with Gasteiger partial charge in [0.2, 0.25) is 5.91 Å². The molecule has 0 bridgehead atoms. The average molecular weight is 333 g/mol. The van der Waals surface area contributed by atoms with E-state index in [0.29, 0.717) is 12.8 Å². The summed E-state index contributed by atoms with van der Waals surface area (Å²) in [7, 11) is 0. The first-order chi connectivity index (χ1) is 12.0. The van der Waals surface area contributed by atoms with E-state index in [4.69, 9.17) is 0 Å². The number of aromatic nitrogens is 2. The number of hydrogen-bond acceptors (Lipinski definition) is 2. The number of anilines is 1. The van der Waals surface area contributed by atoms with Crippen LogP contribution in [0.2, 0.25) is 0 Å². The number of rotatable bonds is 5. The third kappa shape index (κ3) is 3.97. The number of carbonyl (C=O) groups excluding carboxylic acids is 1. The highest BCUT2D eigenvalue weighted by Crippen LogP contribution is 2.19. The molecule has 0 atom stereocenters. The van der Waals surface area contributed by atoms with Gasteiger partial charge < -0.3 is 5.32 Å². The van der Waals surface area contributed by atoms with Crippen LogP contribution in [-0.2, 0) is 11.2 Å². The molecule has 0 fully saturated rings. The normalized spacial score (nSPS) is 10.7. The van der Waals surface area contributed by atoms with Crippen molar-refractivity contribution in [1.29, 1.82) is 0 Å². The molecule has 0 radical (unpaired) electrons. The van der Waals surface area contributed by atoms with Crippen molar-refractivity contribution < 1.29 is 4.79 Å². The maximum Gasteiger partial charge on any atom is 0.224 e. The minimum Gasteiger partial charge on any atom is -0.326 e. The second-order valence-corrected chi connectivity index (χ2v) is 6.31.